The third kappa shape index (κ3) is 10.4. The van der Waals surface area contributed by atoms with Crippen molar-refractivity contribution >= 4 is 0 Å². The minimum absolute atomic E-state index is 0.0117. The highest BCUT2D eigenvalue weighted by Gasteiger charge is 2.03. The van der Waals surface area contributed by atoms with Gasteiger partial charge < -0.3 is 9.84 Å². The lowest BCUT2D eigenvalue weighted by Crippen LogP contribution is -2.10. The smallest absolute Gasteiger partial charge is 0.117 e. The van der Waals surface area contributed by atoms with E-state index >= 15 is 0 Å². The van der Waals surface area contributed by atoms with Crippen molar-refractivity contribution in [3.8, 4) is 11.8 Å². The summed E-state index contributed by atoms with van der Waals surface area (Å²) in [6.07, 6.45) is 8.25. The van der Waals surface area contributed by atoms with Gasteiger partial charge in [0.05, 0.1) is 0 Å². The predicted octanol–water partition coefficient (Wildman–Crippen LogP) is 3.53. The van der Waals surface area contributed by atoms with E-state index in [0.717, 1.165) is 25.7 Å². The standard InChI is InChI=1S/C15H28O2/c1-4-6-8-10-14(16)12-13-15(17-3)11-9-7-5-2/h14-16H,4-11H2,1-3H3. The molecule has 0 radical (unpaired) electrons. The molecule has 0 bridgehead atoms. The average Bonchev–Trinajstić information content (AvgIpc) is 2.34. The molecule has 0 spiro atoms. The fraction of sp³-hybridized carbons (Fsp3) is 0.867. The number of hydrogen-bond acceptors (Lipinski definition) is 2. The molecule has 0 saturated carbocycles. The Labute approximate surface area is 107 Å². The van der Waals surface area contributed by atoms with Crippen molar-refractivity contribution in [1.82, 2.24) is 0 Å². The summed E-state index contributed by atoms with van der Waals surface area (Å²) in [5, 5.41) is 9.66. The molecular formula is C15H28O2. The second-order valence-corrected chi connectivity index (χ2v) is 4.52. The molecule has 0 aliphatic carbocycles. The van der Waals surface area contributed by atoms with Crippen LogP contribution in [0.3, 0.4) is 0 Å². The van der Waals surface area contributed by atoms with Gasteiger partial charge in [0.25, 0.3) is 0 Å². The summed E-state index contributed by atoms with van der Waals surface area (Å²) in [7, 11) is 1.69. The van der Waals surface area contributed by atoms with Crippen LogP contribution in [-0.4, -0.2) is 24.4 Å². The summed E-state index contributed by atoms with van der Waals surface area (Å²) >= 11 is 0. The molecule has 0 aromatic rings. The molecule has 100 valence electrons. The van der Waals surface area contributed by atoms with Gasteiger partial charge in [-0.15, -0.1) is 0 Å². The van der Waals surface area contributed by atoms with Gasteiger partial charge in [0.2, 0.25) is 0 Å². The summed E-state index contributed by atoms with van der Waals surface area (Å²) in [5.74, 6) is 5.93. The molecule has 2 nitrogen and oxygen atoms in total. The van der Waals surface area contributed by atoms with E-state index in [4.69, 9.17) is 4.74 Å². The fourth-order valence-electron chi connectivity index (χ4n) is 1.68. The van der Waals surface area contributed by atoms with Gasteiger partial charge >= 0.3 is 0 Å². The van der Waals surface area contributed by atoms with Crippen molar-refractivity contribution in [2.75, 3.05) is 7.11 Å². The van der Waals surface area contributed by atoms with Crippen LogP contribution in [-0.2, 0) is 4.74 Å². The molecule has 1 N–H and O–H groups in total. The Kier molecular flexibility index (Phi) is 11.6. The van der Waals surface area contributed by atoms with E-state index in [2.05, 4.69) is 25.7 Å². The van der Waals surface area contributed by atoms with Crippen LogP contribution in [0.1, 0.15) is 65.2 Å². The number of rotatable bonds is 9. The molecule has 0 fully saturated rings. The van der Waals surface area contributed by atoms with E-state index in [1.54, 1.807) is 7.11 Å². The molecular weight excluding hydrogens is 212 g/mol. The molecule has 17 heavy (non-hydrogen) atoms. The normalized spacial score (nSPS) is 13.9. The molecule has 2 atom stereocenters. The van der Waals surface area contributed by atoms with Gasteiger partial charge in [-0.05, 0) is 25.7 Å². The quantitative estimate of drug-likeness (QED) is 0.493. The van der Waals surface area contributed by atoms with Crippen molar-refractivity contribution < 1.29 is 9.84 Å². The van der Waals surface area contributed by atoms with Crippen LogP contribution in [0.15, 0.2) is 0 Å². The fourth-order valence-corrected chi connectivity index (χ4v) is 1.68. The lowest BCUT2D eigenvalue weighted by atomic mass is 10.1. The van der Waals surface area contributed by atoms with Crippen molar-refractivity contribution in [3.05, 3.63) is 0 Å². The molecule has 0 aromatic carbocycles. The number of hydrogen-bond donors (Lipinski definition) is 1. The maximum atomic E-state index is 9.66. The SMILES string of the molecule is CCCCCC(O)C#CC(CCCCC)OC. The largest absolute Gasteiger partial charge is 0.380 e. The Morgan fingerprint density at radius 2 is 1.53 bits per heavy atom. The summed E-state index contributed by atoms with van der Waals surface area (Å²) < 4.78 is 5.29. The molecule has 0 rings (SSSR count). The van der Waals surface area contributed by atoms with Crippen molar-refractivity contribution in [1.29, 1.82) is 0 Å². The maximum Gasteiger partial charge on any atom is 0.117 e. The zero-order chi connectivity index (χ0) is 12.9. The topological polar surface area (TPSA) is 29.5 Å². The Morgan fingerprint density at radius 1 is 0.941 bits per heavy atom. The van der Waals surface area contributed by atoms with Gasteiger partial charge in [0, 0.05) is 7.11 Å². The van der Waals surface area contributed by atoms with E-state index in [-0.39, 0.29) is 6.10 Å². The van der Waals surface area contributed by atoms with Gasteiger partial charge in [0.1, 0.15) is 12.2 Å². The van der Waals surface area contributed by atoms with Gasteiger partial charge in [-0.3, -0.25) is 0 Å². The number of ether oxygens (including phenoxy) is 1. The van der Waals surface area contributed by atoms with E-state index in [1.807, 2.05) is 0 Å². The molecule has 2 unspecified atom stereocenters. The minimum Gasteiger partial charge on any atom is -0.380 e. The van der Waals surface area contributed by atoms with E-state index in [0.29, 0.717) is 0 Å². The lowest BCUT2D eigenvalue weighted by molar-refractivity contribution is 0.137. The molecule has 0 amide bonds. The summed E-state index contributed by atoms with van der Waals surface area (Å²) in [6, 6.07) is 0. The van der Waals surface area contributed by atoms with Crippen LogP contribution < -0.4 is 0 Å². The Morgan fingerprint density at radius 3 is 2.06 bits per heavy atom. The number of aliphatic hydroxyl groups is 1. The Bertz CT molecular complexity index is 215. The van der Waals surface area contributed by atoms with E-state index in [9.17, 15) is 5.11 Å². The van der Waals surface area contributed by atoms with Crippen molar-refractivity contribution in [2.24, 2.45) is 0 Å². The highest BCUT2D eigenvalue weighted by Crippen LogP contribution is 2.06. The molecule has 0 heterocycles. The monoisotopic (exact) mass is 240 g/mol. The average molecular weight is 240 g/mol. The summed E-state index contributed by atoms with van der Waals surface area (Å²) in [4.78, 5) is 0. The van der Waals surface area contributed by atoms with Gasteiger partial charge in [-0.2, -0.15) is 0 Å². The molecule has 0 aliphatic rings. The molecule has 0 saturated heterocycles. The molecule has 0 aliphatic heterocycles. The number of aliphatic hydroxyl groups excluding tert-OH is 1. The molecule has 2 heteroatoms. The Hall–Kier alpha value is -0.520. The summed E-state index contributed by atoms with van der Waals surface area (Å²) in [5.41, 5.74) is 0. The molecule has 0 aromatic heterocycles. The van der Waals surface area contributed by atoms with Crippen LogP contribution in [0.4, 0.5) is 0 Å². The van der Waals surface area contributed by atoms with Crippen LogP contribution in [0.25, 0.3) is 0 Å². The first-order valence-corrected chi connectivity index (χ1v) is 6.96. The van der Waals surface area contributed by atoms with Crippen molar-refractivity contribution in [2.45, 2.75) is 77.4 Å². The van der Waals surface area contributed by atoms with E-state index < -0.39 is 6.10 Å². The minimum atomic E-state index is -0.481. The van der Waals surface area contributed by atoms with Crippen LogP contribution in [0, 0.1) is 11.8 Å². The maximum absolute atomic E-state index is 9.66. The second-order valence-electron chi connectivity index (χ2n) is 4.52. The second kappa shape index (κ2) is 12.0. The van der Waals surface area contributed by atoms with Gasteiger partial charge in [-0.25, -0.2) is 0 Å². The zero-order valence-electron chi connectivity index (χ0n) is 11.7. The van der Waals surface area contributed by atoms with E-state index in [1.165, 1.54) is 25.7 Å². The van der Waals surface area contributed by atoms with Crippen molar-refractivity contribution in [3.63, 3.8) is 0 Å². The zero-order valence-corrected chi connectivity index (χ0v) is 11.7. The van der Waals surface area contributed by atoms with Crippen LogP contribution in [0.5, 0.6) is 0 Å². The first-order valence-electron chi connectivity index (χ1n) is 6.96. The highest BCUT2D eigenvalue weighted by atomic mass is 16.5. The predicted molar refractivity (Wildman–Crippen MR) is 72.9 cm³/mol. The third-order valence-electron chi connectivity index (χ3n) is 2.85. The number of unbranched alkanes of at least 4 members (excludes halogenated alkanes) is 4. The third-order valence-corrected chi connectivity index (χ3v) is 2.85. The van der Waals surface area contributed by atoms with Crippen LogP contribution in [0.2, 0.25) is 0 Å². The first-order chi connectivity index (χ1) is 8.24. The lowest BCUT2D eigenvalue weighted by Gasteiger charge is -2.08. The van der Waals surface area contributed by atoms with Gasteiger partial charge in [0.15, 0.2) is 0 Å². The van der Waals surface area contributed by atoms with Crippen LogP contribution >= 0.6 is 0 Å². The first kappa shape index (κ1) is 16.5. The van der Waals surface area contributed by atoms with Gasteiger partial charge in [-0.1, -0.05) is 51.4 Å². The number of methoxy groups -OCH3 is 1. The Balaban J connectivity index is 3.83. The summed E-state index contributed by atoms with van der Waals surface area (Å²) in [6.45, 7) is 4.34. The highest BCUT2D eigenvalue weighted by molar-refractivity contribution is 5.09.